The Hall–Kier alpha value is -2.13. The van der Waals surface area contributed by atoms with Crippen LogP contribution in [-0.2, 0) is 0 Å². The van der Waals surface area contributed by atoms with Gasteiger partial charge in [0.15, 0.2) is 0 Å². The maximum Gasteiger partial charge on any atom is 0.102 e. The van der Waals surface area contributed by atoms with Crippen LogP contribution >= 0.6 is 0 Å². The second kappa shape index (κ2) is 4.86. The summed E-state index contributed by atoms with van der Waals surface area (Å²) in [7, 11) is 0. The number of benzene rings is 2. The first-order valence-corrected chi connectivity index (χ1v) is 6.42. The molecule has 3 aromatic rings. The molecule has 1 N–H and O–H groups in total. The van der Waals surface area contributed by atoms with Crippen molar-refractivity contribution in [3.63, 3.8) is 0 Å². The maximum absolute atomic E-state index is 10.6. The van der Waals surface area contributed by atoms with Crippen LogP contribution in [0.15, 0.2) is 60.9 Å². The van der Waals surface area contributed by atoms with Crippen LogP contribution in [0.5, 0.6) is 0 Å². The van der Waals surface area contributed by atoms with Gasteiger partial charge in [0.1, 0.15) is 6.10 Å². The fraction of sp³-hybridized carbons (Fsp3) is 0.188. The summed E-state index contributed by atoms with van der Waals surface area (Å²) < 4.78 is 1.78. The van der Waals surface area contributed by atoms with E-state index in [9.17, 15) is 5.11 Å². The number of aromatic nitrogens is 2. The Labute approximate surface area is 112 Å². The summed E-state index contributed by atoms with van der Waals surface area (Å²) in [4.78, 5) is 0. The summed E-state index contributed by atoms with van der Waals surface area (Å²) in [5.41, 5.74) is 0.945. The van der Waals surface area contributed by atoms with E-state index in [2.05, 4.69) is 17.2 Å². The number of aliphatic hydroxyl groups is 1. The van der Waals surface area contributed by atoms with Crippen LogP contribution in [0.3, 0.4) is 0 Å². The second-order valence-corrected chi connectivity index (χ2v) is 4.74. The first-order valence-electron chi connectivity index (χ1n) is 6.42. The Morgan fingerprint density at radius 2 is 1.84 bits per heavy atom. The standard InChI is InChI=1S/C16H16N2O/c1-12(18-11-5-10-17-18)16(19)15-9-4-7-13-6-2-3-8-14(13)15/h2-12,16,19H,1H3. The van der Waals surface area contributed by atoms with Crippen LogP contribution in [0.4, 0.5) is 0 Å². The van der Waals surface area contributed by atoms with Crippen molar-refractivity contribution >= 4 is 10.8 Å². The second-order valence-electron chi connectivity index (χ2n) is 4.74. The van der Waals surface area contributed by atoms with E-state index >= 15 is 0 Å². The van der Waals surface area contributed by atoms with E-state index < -0.39 is 6.10 Å². The van der Waals surface area contributed by atoms with Gasteiger partial charge in [-0.2, -0.15) is 5.10 Å². The van der Waals surface area contributed by atoms with Crippen LogP contribution in [0, 0.1) is 0 Å². The molecule has 1 heterocycles. The van der Waals surface area contributed by atoms with Crippen molar-refractivity contribution in [2.45, 2.75) is 19.1 Å². The van der Waals surface area contributed by atoms with Gasteiger partial charge in [-0.15, -0.1) is 0 Å². The highest BCUT2D eigenvalue weighted by atomic mass is 16.3. The molecule has 0 saturated carbocycles. The highest BCUT2D eigenvalue weighted by molar-refractivity contribution is 5.86. The molecule has 2 aromatic carbocycles. The number of fused-ring (bicyclic) bond motifs is 1. The average Bonchev–Trinajstić information content (AvgIpc) is 2.99. The number of nitrogens with zero attached hydrogens (tertiary/aromatic N) is 2. The molecule has 2 atom stereocenters. The highest BCUT2D eigenvalue weighted by Crippen LogP contribution is 2.30. The smallest absolute Gasteiger partial charge is 0.102 e. The van der Waals surface area contributed by atoms with Gasteiger partial charge in [0, 0.05) is 12.4 Å². The van der Waals surface area contributed by atoms with E-state index in [0.29, 0.717) is 0 Å². The third kappa shape index (κ3) is 2.13. The van der Waals surface area contributed by atoms with Crippen LogP contribution in [0.1, 0.15) is 24.6 Å². The van der Waals surface area contributed by atoms with E-state index in [0.717, 1.165) is 16.3 Å². The van der Waals surface area contributed by atoms with Crippen molar-refractivity contribution in [3.05, 3.63) is 66.5 Å². The van der Waals surface area contributed by atoms with Crippen molar-refractivity contribution in [2.75, 3.05) is 0 Å². The summed E-state index contributed by atoms with van der Waals surface area (Å²) >= 11 is 0. The maximum atomic E-state index is 10.6. The summed E-state index contributed by atoms with van der Waals surface area (Å²) in [6, 6.07) is 15.9. The Kier molecular flexibility index (Phi) is 3.05. The summed E-state index contributed by atoms with van der Waals surface area (Å²) in [6.45, 7) is 1.97. The molecule has 0 saturated heterocycles. The molecule has 1 aromatic heterocycles. The van der Waals surface area contributed by atoms with Crippen molar-refractivity contribution in [2.24, 2.45) is 0 Å². The topological polar surface area (TPSA) is 38.0 Å². The Bertz CT molecular complexity index is 671. The number of hydrogen-bond donors (Lipinski definition) is 1. The first-order chi connectivity index (χ1) is 9.27. The lowest BCUT2D eigenvalue weighted by atomic mass is 9.97. The molecule has 0 aliphatic heterocycles. The molecule has 0 aliphatic carbocycles. The lowest BCUT2D eigenvalue weighted by molar-refractivity contribution is 0.117. The minimum absolute atomic E-state index is 0.0965. The molecule has 96 valence electrons. The zero-order chi connectivity index (χ0) is 13.2. The van der Waals surface area contributed by atoms with Crippen molar-refractivity contribution in [3.8, 4) is 0 Å². The van der Waals surface area contributed by atoms with Crippen molar-refractivity contribution in [1.29, 1.82) is 0 Å². The first kappa shape index (κ1) is 11.9. The highest BCUT2D eigenvalue weighted by Gasteiger charge is 2.19. The van der Waals surface area contributed by atoms with E-state index in [-0.39, 0.29) is 6.04 Å². The predicted molar refractivity (Wildman–Crippen MR) is 75.8 cm³/mol. The minimum Gasteiger partial charge on any atom is -0.386 e. The predicted octanol–water partition coefficient (Wildman–Crippen LogP) is 3.33. The van der Waals surface area contributed by atoms with E-state index in [4.69, 9.17) is 0 Å². The monoisotopic (exact) mass is 252 g/mol. The van der Waals surface area contributed by atoms with E-state index in [1.807, 2.05) is 49.5 Å². The third-order valence-electron chi connectivity index (χ3n) is 3.54. The summed E-state index contributed by atoms with van der Waals surface area (Å²) in [5.74, 6) is 0. The Morgan fingerprint density at radius 1 is 1.05 bits per heavy atom. The molecule has 0 bridgehead atoms. The molecule has 19 heavy (non-hydrogen) atoms. The average molecular weight is 252 g/mol. The molecule has 0 spiro atoms. The van der Waals surface area contributed by atoms with E-state index in [1.54, 1.807) is 10.9 Å². The van der Waals surface area contributed by atoms with Gasteiger partial charge in [-0.25, -0.2) is 0 Å². The summed E-state index contributed by atoms with van der Waals surface area (Å²) in [6.07, 6.45) is 3.02. The lowest BCUT2D eigenvalue weighted by Crippen LogP contribution is -2.15. The molecule has 3 rings (SSSR count). The van der Waals surface area contributed by atoms with E-state index in [1.165, 1.54) is 0 Å². The quantitative estimate of drug-likeness (QED) is 0.776. The number of aliphatic hydroxyl groups excluding tert-OH is 1. The minimum atomic E-state index is -0.578. The molecule has 0 radical (unpaired) electrons. The fourth-order valence-electron chi connectivity index (χ4n) is 2.43. The molecule has 2 unspecified atom stereocenters. The molecule has 0 amide bonds. The van der Waals surface area contributed by atoms with Crippen LogP contribution in [0.25, 0.3) is 10.8 Å². The van der Waals surface area contributed by atoms with Gasteiger partial charge in [0.25, 0.3) is 0 Å². The number of hydrogen-bond acceptors (Lipinski definition) is 2. The molecular formula is C16H16N2O. The molecule has 0 fully saturated rings. The van der Waals surface area contributed by atoms with Crippen molar-refractivity contribution < 1.29 is 5.11 Å². The summed E-state index contributed by atoms with van der Waals surface area (Å²) in [5, 5.41) is 17.0. The van der Waals surface area contributed by atoms with Gasteiger partial charge < -0.3 is 5.11 Å². The van der Waals surface area contributed by atoms with Gasteiger partial charge in [-0.1, -0.05) is 42.5 Å². The van der Waals surface area contributed by atoms with Crippen LogP contribution in [-0.4, -0.2) is 14.9 Å². The van der Waals surface area contributed by atoms with Gasteiger partial charge in [-0.05, 0) is 29.3 Å². The van der Waals surface area contributed by atoms with Gasteiger partial charge in [-0.3, -0.25) is 4.68 Å². The molecular weight excluding hydrogens is 236 g/mol. The Balaban J connectivity index is 2.04. The lowest BCUT2D eigenvalue weighted by Gasteiger charge is -2.21. The largest absolute Gasteiger partial charge is 0.386 e. The van der Waals surface area contributed by atoms with Crippen molar-refractivity contribution in [1.82, 2.24) is 9.78 Å². The van der Waals surface area contributed by atoms with Crippen LogP contribution in [0.2, 0.25) is 0 Å². The SMILES string of the molecule is CC(C(O)c1cccc2ccccc12)n1cccn1. The van der Waals surface area contributed by atoms with Gasteiger partial charge in [0.05, 0.1) is 6.04 Å². The third-order valence-corrected chi connectivity index (χ3v) is 3.54. The van der Waals surface area contributed by atoms with Gasteiger partial charge in [0.2, 0.25) is 0 Å². The zero-order valence-electron chi connectivity index (χ0n) is 10.8. The normalized spacial score (nSPS) is 14.4. The van der Waals surface area contributed by atoms with Gasteiger partial charge >= 0.3 is 0 Å². The number of rotatable bonds is 3. The molecule has 3 heteroatoms. The Morgan fingerprint density at radius 3 is 2.63 bits per heavy atom. The zero-order valence-corrected chi connectivity index (χ0v) is 10.8. The fourth-order valence-corrected chi connectivity index (χ4v) is 2.43. The molecule has 0 aliphatic rings. The molecule has 3 nitrogen and oxygen atoms in total. The van der Waals surface area contributed by atoms with Crippen LogP contribution < -0.4 is 0 Å².